The Bertz CT molecular complexity index is 1110. The van der Waals surface area contributed by atoms with Crippen molar-refractivity contribution >= 4 is 18.0 Å². The lowest BCUT2D eigenvalue weighted by atomic mass is 9.51. The van der Waals surface area contributed by atoms with Crippen LogP contribution in [0.2, 0.25) is 0 Å². The van der Waals surface area contributed by atoms with Gasteiger partial charge in [-0.2, -0.15) is 0 Å². The van der Waals surface area contributed by atoms with E-state index in [4.69, 9.17) is 9.47 Å². The molecule has 166 valence electrons. The summed E-state index contributed by atoms with van der Waals surface area (Å²) in [6.07, 6.45) is 4.93. The van der Waals surface area contributed by atoms with Gasteiger partial charge in [0.25, 0.3) is 0 Å². The highest BCUT2D eigenvalue weighted by Crippen LogP contribution is 2.59. The van der Waals surface area contributed by atoms with Gasteiger partial charge < -0.3 is 9.47 Å². The van der Waals surface area contributed by atoms with Gasteiger partial charge in [0, 0.05) is 10.8 Å². The van der Waals surface area contributed by atoms with Gasteiger partial charge in [-0.05, 0) is 40.7 Å². The monoisotopic (exact) mass is 430 g/mol. The molecule has 0 spiro atoms. The van der Waals surface area contributed by atoms with E-state index in [0.29, 0.717) is 6.42 Å². The van der Waals surface area contributed by atoms with Crippen LogP contribution in [0.3, 0.4) is 0 Å². The van der Waals surface area contributed by atoms with Gasteiger partial charge in [0.1, 0.15) is 0 Å². The van der Waals surface area contributed by atoms with Crippen molar-refractivity contribution in [1.82, 2.24) is 0 Å². The molecule has 2 aliphatic carbocycles. The molecule has 0 radical (unpaired) electrons. The molecule has 0 bridgehead atoms. The minimum absolute atomic E-state index is 0.183. The molecule has 0 saturated heterocycles. The second-order valence-corrected chi connectivity index (χ2v) is 9.66. The van der Waals surface area contributed by atoms with Gasteiger partial charge in [0.2, 0.25) is 0 Å². The first kappa shape index (κ1) is 22.1. The Hall–Kier alpha value is -3.14. The van der Waals surface area contributed by atoms with E-state index in [2.05, 4.69) is 45.1 Å². The maximum Gasteiger partial charge on any atom is 0.323 e. The molecule has 0 aliphatic heterocycles. The fraction of sp³-hybridized carbons (Fsp3) is 0.357. The molecular weight excluding hydrogens is 400 g/mol. The Morgan fingerprint density at radius 3 is 2.00 bits per heavy atom. The second-order valence-electron chi connectivity index (χ2n) is 9.66. The molecule has 4 nitrogen and oxygen atoms in total. The largest absolute Gasteiger partial charge is 0.468 e. The number of fused-ring (bicyclic) bond motifs is 3. The zero-order valence-corrected chi connectivity index (χ0v) is 19.4. The SMILES string of the molecule is COC(=O)C1(C(=O)OC)C/C(=C/c2ccccc2)C2=CC(C)(C)c3ccccc3C2(C)C1. The van der Waals surface area contributed by atoms with Crippen LogP contribution in [0.15, 0.2) is 71.8 Å². The first-order chi connectivity index (χ1) is 15.2. The predicted molar refractivity (Wildman–Crippen MR) is 125 cm³/mol. The normalized spacial score (nSPS) is 24.0. The Morgan fingerprint density at radius 1 is 0.844 bits per heavy atom. The van der Waals surface area contributed by atoms with Crippen LogP contribution in [-0.4, -0.2) is 26.2 Å². The van der Waals surface area contributed by atoms with E-state index in [0.717, 1.165) is 22.3 Å². The zero-order chi connectivity index (χ0) is 23.1. The standard InChI is InChI=1S/C28H30O4/c1-26(2)17-23-20(15-19-11-7-6-8-12-19)16-28(24(29)31-4,25(30)32-5)18-27(23,3)22-14-10-9-13-21(22)26/h6-15,17H,16,18H2,1-5H3/b20-15-. The molecule has 2 aliphatic rings. The Labute approximate surface area is 189 Å². The summed E-state index contributed by atoms with van der Waals surface area (Å²) in [6.45, 7) is 6.55. The van der Waals surface area contributed by atoms with Gasteiger partial charge in [0.15, 0.2) is 5.41 Å². The van der Waals surface area contributed by atoms with Crippen molar-refractivity contribution in [2.75, 3.05) is 14.2 Å². The molecular formula is C28H30O4. The number of allylic oxidation sites excluding steroid dienone is 3. The molecule has 1 fully saturated rings. The van der Waals surface area contributed by atoms with Crippen LogP contribution in [0, 0.1) is 5.41 Å². The number of esters is 2. The van der Waals surface area contributed by atoms with Crippen LogP contribution in [0.1, 0.15) is 50.3 Å². The maximum atomic E-state index is 13.2. The van der Waals surface area contributed by atoms with E-state index in [1.807, 2.05) is 42.5 Å². The molecule has 4 heteroatoms. The van der Waals surface area contributed by atoms with Crippen LogP contribution in [0.5, 0.6) is 0 Å². The quantitative estimate of drug-likeness (QED) is 0.485. The fourth-order valence-corrected chi connectivity index (χ4v) is 5.63. The smallest absolute Gasteiger partial charge is 0.323 e. The van der Waals surface area contributed by atoms with Crippen LogP contribution in [0.4, 0.5) is 0 Å². The molecule has 32 heavy (non-hydrogen) atoms. The molecule has 1 atom stereocenters. The number of ether oxygens (including phenoxy) is 2. The van der Waals surface area contributed by atoms with Crippen LogP contribution < -0.4 is 0 Å². The Morgan fingerprint density at radius 2 is 1.41 bits per heavy atom. The van der Waals surface area contributed by atoms with Crippen LogP contribution >= 0.6 is 0 Å². The molecule has 4 rings (SSSR count). The summed E-state index contributed by atoms with van der Waals surface area (Å²) in [5.41, 5.74) is 3.34. The summed E-state index contributed by atoms with van der Waals surface area (Å²) in [4.78, 5) is 26.3. The van der Waals surface area contributed by atoms with Crippen molar-refractivity contribution in [3.63, 3.8) is 0 Å². The molecule has 2 aromatic rings. The lowest BCUT2D eigenvalue weighted by Crippen LogP contribution is -2.52. The summed E-state index contributed by atoms with van der Waals surface area (Å²) in [6, 6.07) is 18.3. The number of methoxy groups -OCH3 is 2. The number of carbonyl (C=O) groups is 2. The number of hydrogen-bond donors (Lipinski definition) is 0. The van der Waals surface area contributed by atoms with E-state index < -0.39 is 22.8 Å². The first-order valence-electron chi connectivity index (χ1n) is 10.9. The summed E-state index contributed by atoms with van der Waals surface area (Å²) in [7, 11) is 2.67. The van der Waals surface area contributed by atoms with Gasteiger partial charge >= 0.3 is 11.9 Å². The van der Waals surface area contributed by atoms with E-state index in [9.17, 15) is 9.59 Å². The Balaban J connectivity index is 2.02. The second kappa shape index (κ2) is 7.77. The average molecular weight is 431 g/mol. The average Bonchev–Trinajstić information content (AvgIpc) is 2.80. The van der Waals surface area contributed by atoms with Gasteiger partial charge in [-0.1, -0.05) is 87.5 Å². The highest BCUT2D eigenvalue weighted by Gasteiger charge is 2.59. The summed E-state index contributed by atoms with van der Waals surface area (Å²) in [5, 5.41) is 0. The topological polar surface area (TPSA) is 52.6 Å². The van der Waals surface area contributed by atoms with Crippen molar-refractivity contribution in [2.24, 2.45) is 5.41 Å². The molecule has 0 heterocycles. The molecule has 0 N–H and O–H groups in total. The first-order valence-corrected chi connectivity index (χ1v) is 10.9. The van der Waals surface area contributed by atoms with E-state index in [1.54, 1.807) is 0 Å². The summed E-state index contributed by atoms with van der Waals surface area (Å²) in [5.74, 6) is -1.10. The third kappa shape index (κ3) is 3.29. The minimum atomic E-state index is -1.41. The molecule has 1 saturated carbocycles. The lowest BCUT2D eigenvalue weighted by molar-refractivity contribution is -0.171. The third-order valence-corrected chi connectivity index (χ3v) is 7.10. The van der Waals surface area contributed by atoms with Crippen molar-refractivity contribution in [3.8, 4) is 0 Å². The molecule has 0 aromatic heterocycles. The van der Waals surface area contributed by atoms with Gasteiger partial charge in [-0.3, -0.25) is 9.59 Å². The van der Waals surface area contributed by atoms with Crippen molar-refractivity contribution < 1.29 is 19.1 Å². The van der Waals surface area contributed by atoms with E-state index >= 15 is 0 Å². The number of rotatable bonds is 3. The van der Waals surface area contributed by atoms with Gasteiger partial charge in [-0.25, -0.2) is 0 Å². The number of hydrogen-bond acceptors (Lipinski definition) is 4. The summed E-state index contributed by atoms with van der Waals surface area (Å²) >= 11 is 0. The van der Waals surface area contributed by atoms with Crippen molar-refractivity contribution in [2.45, 2.75) is 44.4 Å². The van der Waals surface area contributed by atoms with Crippen molar-refractivity contribution in [1.29, 1.82) is 0 Å². The number of benzene rings is 2. The van der Waals surface area contributed by atoms with Crippen molar-refractivity contribution in [3.05, 3.63) is 88.5 Å². The summed E-state index contributed by atoms with van der Waals surface area (Å²) < 4.78 is 10.4. The highest BCUT2D eigenvalue weighted by molar-refractivity contribution is 6.01. The van der Waals surface area contributed by atoms with Gasteiger partial charge in [0.05, 0.1) is 14.2 Å². The maximum absolute atomic E-state index is 13.2. The van der Waals surface area contributed by atoms with Gasteiger partial charge in [-0.15, -0.1) is 0 Å². The zero-order valence-electron chi connectivity index (χ0n) is 19.4. The van der Waals surface area contributed by atoms with Crippen LogP contribution in [-0.2, 0) is 29.9 Å². The number of carbonyl (C=O) groups excluding carboxylic acids is 2. The minimum Gasteiger partial charge on any atom is -0.468 e. The third-order valence-electron chi connectivity index (χ3n) is 7.10. The molecule has 0 amide bonds. The van der Waals surface area contributed by atoms with E-state index in [1.165, 1.54) is 19.8 Å². The Kier molecular flexibility index (Phi) is 5.36. The predicted octanol–water partition coefficient (Wildman–Crippen LogP) is 5.37. The fourth-order valence-electron chi connectivity index (χ4n) is 5.63. The van der Waals surface area contributed by atoms with Crippen LogP contribution in [0.25, 0.3) is 6.08 Å². The molecule has 2 aromatic carbocycles. The highest BCUT2D eigenvalue weighted by atomic mass is 16.5. The molecule has 1 unspecified atom stereocenters. The lowest BCUT2D eigenvalue weighted by Gasteiger charge is -2.51. The van der Waals surface area contributed by atoms with E-state index in [-0.39, 0.29) is 11.8 Å².